The number of nitrogens with two attached hydrogens (primary N) is 1. The summed E-state index contributed by atoms with van der Waals surface area (Å²) in [6, 6.07) is 11.0. The Morgan fingerprint density at radius 2 is 2.14 bits per heavy atom. The van der Waals surface area contributed by atoms with E-state index in [2.05, 4.69) is 40.1 Å². The van der Waals surface area contributed by atoms with Crippen LogP contribution in [0.3, 0.4) is 0 Å². The molecule has 2 unspecified atom stereocenters. The summed E-state index contributed by atoms with van der Waals surface area (Å²) in [6.07, 6.45) is 10.8. The predicted molar refractivity (Wildman–Crippen MR) is 89.5 cm³/mol. The fourth-order valence-electron chi connectivity index (χ4n) is 3.35. The van der Waals surface area contributed by atoms with Gasteiger partial charge in [-0.05, 0) is 31.1 Å². The molecule has 1 aliphatic carbocycles. The lowest BCUT2D eigenvalue weighted by molar-refractivity contribution is 0.489. The molecule has 0 radical (unpaired) electrons. The van der Waals surface area contributed by atoms with Gasteiger partial charge in [0, 0.05) is 17.5 Å². The number of aromatic nitrogens is 2. The maximum atomic E-state index is 6.46. The fraction of sp³-hybridized carbons (Fsp3) is 0.471. The molecule has 3 nitrogen and oxygen atoms in total. The summed E-state index contributed by atoms with van der Waals surface area (Å²) < 4.78 is 2.34. The highest BCUT2D eigenvalue weighted by Crippen LogP contribution is 2.38. The summed E-state index contributed by atoms with van der Waals surface area (Å²) in [5.41, 5.74) is 8.91. The molecule has 0 spiro atoms. The number of benzene rings is 1. The Morgan fingerprint density at radius 3 is 2.90 bits per heavy atom. The number of thioether (sulfide) groups is 1. The van der Waals surface area contributed by atoms with Gasteiger partial charge < -0.3 is 10.3 Å². The molecule has 0 saturated heterocycles. The first-order valence-corrected chi connectivity index (χ1v) is 8.92. The second-order valence-corrected chi connectivity index (χ2v) is 6.87. The monoisotopic (exact) mass is 301 g/mol. The van der Waals surface area contributed by atoms with Gasteiger partial charge in [-0.15, -0.1) is 0 Å². The van der Waals surface area contributed by atoms with E-state index in [1.165, 1.54) is 30.5 Å². The SMILES string of the molecule is CSC1CCCC1n1cncc1[C@H](N)Cc1ccccc1. The standard InChI is InChI=1S/C17H23N3S/c1-21-17-9-5-8-15(17)20-12-19-11-16(20)14(18)10-13-6-3-2-4-7-13/h2-4,6-7,11-12,14-15,17H,5,8-10,18H2,1H3/t14-,15?,17?/m1/s1. The van der Waals surface area contributed by atoms with E-state index >= 15 is 0 Å². The van der Waals surface area contributed by atoms with Crippen molar-refractivity contribution in [3.05, 3.63) is 54.1 Å². The lowest BCUT2D eigenvalue weighted by Crippen LogP contribution is -2.23. The molecule has 4 heteroatoms. The van der Waals surface area contributed by atoms with Crippen LogP contribution in [0.5, 0.6) is 0 Å². The van der Waals surface area contributed by atoms with E-state index in [4.69, 9.17) is 5.73 Å². The molecule has 3 rings (SSSR count). The van der Waals surface area contributed by atoms with Gasteiger partial charge in [0.15, 0.2) is 0 Å². The maximum Gasteiger partial charge on any atom is 0.0951 e. The number of imidazole rings is 1. The minimum atomic E-state index is 0.0120. The molecule has 0 bridgehead atoms. The quantitative estimate of drug-likeness (QED) is 0.918. The van der Waals surface area contributed by atoms with Gasteiger partial charge in [0.25, 0.3) is 0 Å². The molecule has 2 N–H and O–H groups in total. The number of hydrogen-bond acceptors (Lipinski definition) is 3. The van der Waals surface area contributed by atoms with Crippen LogP contribution in [0.1, 0.15) is 42.6 Å². The van der Waals surface area contributed by atoms with Crippen LogP contribution in [-0.4, -0.2) is 21.1 Å². The second-order valence-electron chi connectivity index (χ2n) is 5.79. The van der Waals surface area contributed by atoms with Crippen LogP contribution in [0.2, 0.25) is 0 Å². The van der Waals surface area contributed by atoms with Crippen molar-refractivity contribution < 1.29 is 0 Å². The van der Waals surface area contributed by atoms with Crippen molar-refractivity contribution in [1.29, 1.82) is 0 Å². The highest BCUT2D eigenvalue weighted by Gasteiger charge is 2.30. The lowest BCUT2D eigenvalue weighted by Gasteiger charge is -2.24. The molecule has 1 aliphatic rings. The molecular weight excluding hydrogens is 278 g/mol. The van der Waals surface area contributed by atoms with E-state index in [9.17, 15) is 0 Å². The molecule has 1 fully saturated rings. The summed E-state index contributed by atoms with van der Waals surface area (Å²) in [4.78, 5) is 4.37. The topological polar surface area (TPSA) is 43.8 Å². The van der Waals surface area contributed by atoms with E-state index < -0.39 is 0 Å². The summed E-state index contributed by atoms with van der Waals surface area (Å²) in [5.74, 6) is 0. The molecule has 2 aromatic rings. The van der Waals surface area contributed by atoms with Crippen molar-refractivity contribution in [1.82, 2.24) is 9.55 Å². The number of hydrogen-bond donors (Lipinski definition) is 1. The number of rotatable bonds is 5. The molecular formula is C17H23N3S. The van der Waals surface area contributed by atoms with Crippen molar-refractivity contribution in [2.75, 3.05) is 6.26 Å². The van der Waals surface area contributed by atoms with Crippen molar-refractivity contribution in [2.24, 2.45) is 5.73 Å². The van der Waals surface area contributed by atoms with Gasteiger partial charge in [-0.3, -0.25) is 0 Å². The molecule has 1 aromatic carbocycles. The molecule has 21 heavy (non-hydrogen) atoms. The van der Waals surface area contributed by atoms with Gasteiger partial charge in [0.05, 0.1) is 18.1 Å². The van der Waals surface area contributed by atoms with E-state index in [0.717, 1.165) is 6.42 Å². The zero-order valence-electron chi connectivity index (χ0n) is 12.5. The van der Waals surface area contributed by atoms with Crippen LogP contribution in [0.15, 0.2) is 42.9 Å². The minimum absolute atomic E-state index is 0.0120. The zero-order chi connectivity index (χ0) is 14.7. The summed E-state index contributed by atoms with van der Waals surface area (Å²) in [6.45, 7) is 0. The Kier molecular flexibility index (Phi) is 4.66. The van der Waals surface area contributed by atoms with Crippen LogP contribution >= 0.6 is 11.8 Å². The first-order valence-electron chi connectivity index (χ1n) is 7.63. The summed E-state index contributed by atoms with van der Waals surface area (Å²) in [5, 5.41) is 0.696. The summed E-state index contributed by atoms with van der Waals surface area (Å²) >= 11 is 1.97. The maximum absolute atomic E-state index is 6.46. The zero-order valence-corrected chi connectivity index (χ0v) is 13.3. The highest BCUT2D eigenvalue weighted by molar-refractivity contribution is 7.99. The molecule has 0 amide bonds. The van der Waals surface area contributed by atoms with E-state index in [0.29, 0.717) is 11.3 Å². The third kappa shape index (κ3) is 3.16. The molecule has 112 valence electrons. The first kappa shape index (κ1) is 14.7. The lowest BCUT2D eigenvalue weighted by atomic mass is 10.0. The van der Waals surface area contributed by atoms with Gasteiger partial charge in [-0.1, -0.05) is 36.8 Å². The van der Waals surface area contributed by atoms with Crippen LogP contribution in [0.25, 0.3) is 0 Å². The average Bonchev–Trinajstić information content (AvgIpc) is 3.16. The molecule has 1 heterocycles. The molecule has 0 aliphatic heterocycles. The van der Waals surface area contributed by atoms with Gasteiger partial charge in [-0.2, -0.15) is 11.8 Å². The van der Waals surface area contributed by atoms with Crippen molar-refractivity contribution in [3.63, 3.8) is 0 Å². The predicted octanol–water partition coefficient (Wildman–Crippen LogP) is 3.58. The van der Waals surface area contributed by atoms with E-state index in [1.807, 2.05) is 30.4 Å². The highest BCUT2D eigenvalue weighted by atomic mass is 32.2. The first-order chi connectivity index (χ1) is 10.3. The van der Waals surface area contributed by atoms with Crippen molar-refractivity contribution in [3.8, 4) is 0 Å². The largest absolute Gasteiger partial charge is 0.329 e. The van der Waals surface area contributed by atoms with Crippen molar-refractivity contribution >= 4 is 11.8 Å². The number of nitrogens with zero attached hydrogens (tertiary/aromatic N) is 2. The third-order valence-corrected chi connectivity index (χ3v) is 5.61. The second kappa shape index (κ2) is 6.67. The van der Waals surface area contributed by atoms with E-state index in [-0.39, 0.29) is 6.04 Å². The molecule has 3 atom stereocenters. The van der Waals surface area contributed by atoms with E-state index in [1.54, 1.807) is 0 Å². The minimum Gasteiger partial charge on any atom is -0.329 e. The smallest absolute Gasteiger partial charge is 0.0951 e. The Hall–Kier alpha value is -1.26. The fourth-order valence-corrected chi connectivity index (χ4v) is 4.34. The third-order valence-electron chi connectivity index (χ3n) is 4.45. The van der Waals surface area contributed by atoms with Gasteiger partial charge >= 0.3 is 0 Å². The molecule has 1 saturated carbocycles. The Bertz CT molecular complexity index is 566. The normalized spacial score (nSPS) is 23.3. The Morgan fingerprint density at radius 1 is 1.33 bits per heavy atom. The Balaban J connectivity index is 1.78. The van der Waals surface area contributed by atoms with Crippen molar-refractivity contribution in [2.45, 2.75) is 43.0 Å². The van der Waals surface area contributed by atoms with Crippen LogP contribution in [-0.2, 0) is 6.42 Å². The van der Waals surface area contributed by atoms with Crippen LogP contribution in [0.4, 0.5) is 0 Å². The Labute approximate surface area is 131 Å². The van der Waals surface area contributed by atoms with Crippen LogP contribution in [0, 0.1) is 0 Å². The van der Waals surface area contributed by atoms with Crippen LogP contribution < -0.4 is 5.73 Å². The molecule has 1 aromatic heterocycles. The summed E-state index contributed by atoms with van der Waals surface area (Å²) in [7, 11) is 0. The van der Waals surface area contributed by atoms with Gasteiger partial charge in [0.2, 0.25) is 0 Å². The van der Waals surface area contributed by atoms with Gasteiger partial charge in [0.1, 0.15) is 0 Å². The van der Waals surface area contributed by atoms with Gasteiger partial charge in [-0.25, -0.2) is 4.98 Å². The average molecular weight is 301 g/mol.